The number of rotatable bonds is 8. The first kappa shape index (κ1) is 24.6. The van der Waals surface area contributed by atoms with Crippen LogP contribution in [0, 0.1) is 0 Å². The molecular formula is C32H27N3O3. The number of carbonyl (C=O) groups is 1. The van der Waals surface area contributed by atoms with Crippen LogP contribution in [0.4, 0.5) is 0 Å². The number of aromatic nitrogens is 1. The molecule has 1 N–H and O–H groups in total. The number of hydrogen-bond acceptors (Lipinski definition) is 4. The van der Waals surface area contributed by atoms with Crippen LogP contribution < -0.4 is 14.9 Å². The highest BCUT2D eigenvalue weighted by atomic mass is 16.5. The van der Waals surface area contributed by atoms with Crippen molar-refractivity contribution in [2.24, 2.45) is 5.10 Å². The average Bonchev–Trinajstić information content (AvgIpc) is 3.43. The number of methoxy groups -OCH3 is 2. The summed E-state index contributed by atoms with van der Waals surface area (Å²) in [5, 5.41) is 4.11. The van der Waals surface area contributed by atoms with E-state index in [1.54, 1.807) is 44.7 Å². The van der Waals surface area contributed by atoms with Crippen LogP contribution in [-0.2, 0) is 0 Å². The number of hydrogen-bond donors (Lipinski definition) is 1. The standard InChI is InChI=1S/C32H27N3O3/c1-37-28-18-15-26(31(21-28)38-2)22-33-34-32(36)25-13-16-27(17-14-25)35-29(23-9-5-3-6-10-23)19-20-30(35)24-11-7-4-8-12-24/h3-22H,1-2H3,(H,34,36)/b33-22-. The van der Waals surface area contributed by atoms with E-state index < -0.39 is 0 Å². The fourth-order valence-electron chi connectivity index (χ4n) is 4.30. The normalized spacial score (nSPS) is 10.9. The number of carbonyl (C=O) groups excluding carboxylic acids is 1. The molecule has 0 aliphatic carbocycles. The fraction of sp³-hybridized carbons (Fsp3) is 0.0625. The average molecular weight is 502 g/mol. The van der Waals surface area contributed by atoms with E-state index in [2.05, 4.69) is 51.5 Å². The Morgan fingerprint density at radius 3 is 1.89 bits per heavy atom. The third-order valence-electron chi connectivity index (χ3n) is 6.22. The lowest BCUT2D eigenvalue weighted by atomic mass is 10.1. The van der Waals surface area contributed by atoms with Gasteiger partial charge >= 0.3 is 0 Å². The molecule has 1 heterocycles. The van der Waals surface area contributed by atoms with E-state index >= 15 is 0 Å². The highest BCUT2D eigenvalue weighted by Crippen LogP contribution is 2.32. The van der Waals surface area contributed by atoms with Crippen LogP contribution >= 0.6 is 0 Å². The molecular weight excluding hydrogens is 474 g/mol. The molecule has 5 rings (SSSR count). The Hall–Kier alpha value is -5.10. The Labute approximate surface area is 221 Å². The van der Waals surface area contributed by atoms with Crippen LogP contribution in [0.3, 0.4) is 0 Å². The van der Waals surface area contributed by atoms with Gasteiger partial charge in [-0.3, -0.25) is 4.79 Å². The molecule has 0 saturated heterocycles. The van der Waals surface area contributed by atoms with Gasteiger partial charge in [-0.2, -0.15) is 5.10 Å². The largest absolute Gasteiger partial charge is 0.497 e. The van der Waals surface area contributed by atoms with E-state index in [9.17, 15) is 4.79 Å². The summed E-state index contributed by atoms with van der Waals surface area (Å²) in [4.78, 5) is 12.8. The summed E-state index contributed by atoms with van der Waals surface area (Å²) in [6.45, 7) is 0. The van der Waals surface area contributed by atoms with Crippen LogP contribution in [0.25, 0.3) is 28.2 Å². The van der Waals surface area contributed by atoms with Crippen molar-refractivity contribution in [2.45, 2.75) is 0 Å². The summed E-state index contributed by atoms with van der Waals surface area (Å²) >= 11 is 0. The van der Waals surface area contributed by atoms with Gasteiger partial charge in [0.1, 0.15) is 11.5 Å². The second-order valence-corrected chi connectivity index (χ2v) is 8.53. The van der Waals surface area contributed by atoms with E-state index in [1.807, 2.05) is 54.6 Å². The minimum absolute atomic E-state index is 0.306. The number of nitrogens with zero attached hydrogens (tertiary/aromatic N) is 2. The number of nitrogens with one attached hydrogen (secondary N) is 1. The maximum Gasteiger partial charge on any atom is 0.271 e. The van der Waals surface area contributed by atoms with Crippen molar-refractivity contribution in [2.75, 3.05) is 14.2 Å². The van der Waals surface area contributed by atoms with E-state index in [4.69, 9.17) is 9.47 Å². The Bertz CT molecular complexity index is 1500. The summed E-state index contributed by atoms with van der Waals surface area (Å²) in [5.74, 6) is 0.970. The molecule has 6 heteroatoms. The molecule has 1 amide bonds. The molecule has 0 atom stereocenters. The van der Waals surface area contributed by atoms with Gasteiger partial charge in [-0.15, -0.1) is 0 Å². The van der Waals surface area contributed by atoms with Gasteiger partial charge < -0.3 is 14.0 Å². The second-order valence-electron chi connectivity index (χ2n) is 8.53. The van der Waals surface area contributed by atoms with Crippen molar-refractivity contribution in [3.8, 4) is 39.7 Å². The monoisotopic (exact) mass is 501 g/mol. The third kappa shape index (κ3) is 5.20. The molecule has 4 aromatic carbocycles. The molecule has 38 heavy (non-hydrogen) atoms. The molecule has 0 aliphatic rings. The molecule has 6 nitrogen and oxygen atoms in total. The molecule has 1 aromatic heterocycles. The van der Waals surface area contributed by atoms with Gasteiger partial charge in [0.05, 0.1) is 31.8 Å². The topological polar surface area (TPSA) is 64.8 Å². The molecule has 0 saturated carbocycles. The molecule has 188 valence electrons. The van der Waals surface area contributed by atoms with E-state index in [-0.39, 0.29) is 5.91 Å². The van der Waals surface area contributed by atoms with Crippen LogP contribution in [0.2, 0.25) is 0 Å². The zero-order chi connectivity index (χ0) is 26.3. The molecule has 0 aliphatic heterocycles. The maximum atomic E-state index is 12.8. The lowest BCUT2D eigenvalue weighted by Gasteiger charge is -2.15. The number of amides is 1. The summed E-state index contributed by atoms with van der Waals surface area (Å²) in [6, 6.07) is 37.7. The first-order valence-corrected chi connectivity index (χ1v) is 12.2. The van der Waals surface area contributed by atoms with Crippen molar-refractivity contribution >= 4 is 12.1 Å². The lowest BCUT2D eigenvalue weighted by Crippen LogP contribution is -2.17. The molecule has 0 radical (unpaired) electrons. The fourth-order valence-corrected chi connectivity index (χ4v) is 4.30. The third-order valence-corrected chi connectivity index (χ3v) is 6.22. The van der Waals surface area contributed by atoms with Gasteiger partial charge in [0.15, 0.2) is 0 Å². The smallest absolute Gasteiger partial charge is 0.271 e. The van der Waals surface area contributed by atoms with Crippen LogP contribution in [0.5, 0.6) is 11.5 Å². The molecule has 0 spiro atoms. The number of benzene rings is 4. The van der Waals surface area contributed by atoms with Gasteiger partial charge in [0, 0.05) is 22.9 Å². The second kappa shape index (κ2) is 11.3. The first-order chi connectivity index (χ1) is 18.7. The zero-order valence-corrected chi connectivity index (χ0v) is 21.2. The van der Waals surface area contributed by atoms with Crippen molar-refractivity contribution in [1.82, 2.24) is 9.99 Å². The van der Waals surface area contributed by atoms with E-state index in [0.717, 1.165) is 33.8 Å². The SMILES string of the molecule is COc1ccc(/C=N\NC(=O)c2ccc(-n3c(-c4ccccc4)ccc3-c3ccccc3)cc2)c(OC)c1. The highest BCUT2D eigenvalue weighted by Gasteiger charge is 2.14. The number of ether oxygens (including phenoxy) is 2. The lowest BCUT2D eigenvalue weighted by molar-refractivity contribution is 0.0955. The highest BCUT2D eigenvalue weighted by molar-refractivity contribution is 5.95. The molecule has 5 aromatic rings. The summed E-state index contributed by atoms with van der Waals surface area (Å²) in [5.41, 5.74) is 9.13. The van der Waals surface area contributed by atoms with Crippen LogP contribution in [0.1, 0.15) is 15.9 Å². The zero-order valence-electron chi connectivity index (χ0n) is 21.2. The van der Waals surface area contributed by atoms with Gasteiger partial charge in [-0.1, -0.05) is 60.7 Å². The van der Waals surface area contributed by atoms with Crippen LogP contribution in [-0.4, -0.2) is 30.9 Å². The predicted molar refractivity (Wildman–Crippen MR) is 151 cm³/mol. The maximum absolute atomic E-state index is 12.8. The van der Waals surface area contributed by atoms with Crippen molar-refractivity contribution in [3.63, 3.8) is 0 Å². The van der Waals surface area contributed by atoms with Crippen molar-refractivity contribution in [1.29, 1.82) is 0 Å². The van der Waals surface area contributed by atoms with Gasteiger partial charge in [0.25, 0.3) is 5.91 Å². The summed E-state index contributed by atoms with van der Waals surface area (Å²) < 4.78 is 12.8. The van der Waals surface area contributed by atoms with Gasteiger partial charge in [-0.25, -0.2) is 5.43 Å². The van der Waals surface area contributed by atoms with Gasteiger partial charge in [-0.05, 0) is 59.7 Å². The molecule has 0 fully saturated rings. The van der Waals surface area contributed by atoms with E-state index in [0.29, 0.717) is 17.1 Å². The van der Waals surface area contributed by atoms with Gasteiger partial charge in [0.2, 0.25) is 0 Å². The first-order valence-electron chi connectivity index (χ1n) is 12.2. The van der Waals surface area contributed by atoms with Crippen molar-refractivity contribution in [3.05, 3.63) is 126 Å². The minimum Gasteiger partial charge on any atom is -0.497 e. The summed E-state index contributed by atoms with van der Waals surface area (Å²) in [6.07, 6.45) is 1.54. The Kier molecular flexibility index (Phi) is 7.32. The summed E-state index contributed by atoms with van der Waals surface area (Å²) in [7, 11) is 3.17. The minimum atomic E-state index is -0.306. The number of hydrazone groups is 1. The Balaban J connectivity index is 1.40. The quantitative estimate of drug-likeness (QED) is 0.193. The molecule has 0 bridgehead atoms. The Morgan fingerprint density at radius 2 is 1.34 bits per heavy atom. The Morgan fingerprint density at radius 1 is 0.737 bits per heavy atom. The van der Waals surface area contributed by atoms with Crippen LogP contribution in [0.15, 0.2) is 120 Å². The van der Waals surface area contributed by atoms with Crippen molar-refractivity contribution < 1.29 is 14.3 Å². The van der Waals surface area contributed by atoms with E-state index in [1.165, 1.54) is 0 Å². The predicted octanol–water partition coefficient (Wildman–Crippen LogP) is 6.59. The molecule has 0 unspecified atom stereocenters.